The number of nitrogens with zero attached hydrogens (tertiary/aromatic N) is 1. The number of furan rings is 1. The van der Waals surface area contributed by atoms with Gasteiger partial charge in [0, 0.05) is 31.0 Å². The third-order valence-corrected chi connectivity index (χ3v) is 5.18. The van der Waals surface area contributed by atoms with Crippen molar-refractivity contribution in [1.82, 2.24) is 10.2 Å². The quantitative estimate of drug-likeness (QED) is 0.806. The fourth-order valence-electron chi connectivity index (χ4n) is 3.14. The highest BCUT2D eigenvalue weighted by Crippen LogP contribution is 2.23. The second-order valence-electron chi connectivity index (χ2n) is 6.45. The fraction of sp³-hybridized carbons (Fsp3) is 0.450. The van der Waals surface area contributed by atoms with Crippen molar-refractivity contribution in [3.63, 3.8) is 0 Å². The molecule has 1 atom stereocenters. The van der Waals surface area contributed by atoms with Gasteiger partial charge in [-0.05, 0) is 43.0 Å². The van der Waals surface area contributed by atoms with E-state index in [0.29, 0.717) is 25.3 Å². The van der Waals surface area contributed by atoms with Gasteiger partial charge >= 0.3 is 0 Å². The summed E-state index contributed by atoms with van der Waals surface area (Å²) in [7, 11) is 0. The predicted molar refractivity (Wildman–Crippen MR) is 105 cm³/mol. The van der Waals surface area contributed by atoms with Crippen LogP contribution < -0.4 is 5.32 Å². The van der Waals surface area contributed by atoms with Crippen molar-refractivity contribution < 1.29 is 13.9 Å². The average Bonchev–Trinajstić information content (AvgIpc) is 3.09. The van der Waals surface area contributed by atoms with Crippen LogP contribution in [0.4, 0.5) is 0 Å². The topological polar surface area (TPSA) is 54.7 Å². The molecule has 6 heteroatoms. The van der Waals surface area contributed by atoms with Crippen LogP contribution in [0.5, 0.6) is 0 Å². The van der Waals surface area contributed by atoms with Gasteiger partial charge in [-0.15, -0.1) is 0 Å². The first-order chi connectivity index (χ1) is 12.7. The van der Waals surface area contributed by atoms with E-state index in [-0.39, 0.29) is 11.9 Å². The van der Waals surface area contributed by atoms with Gasteiger partial charge in [0.25, 0.3) is 5.91 Å². The molecule has 2 aromatic rings. The number of hydrogen-bond donors (Lipinski definition) is 1. The predicted octanol–water partition coefficient (Wildman–Crippen LogP) is 3.25. The number of nitrogens with one attached hydrogen (secondary N) is 1. The van der Waals surface area contributed by atoms with Gasteiger partial charge in [-0.3, -0.25) is 9.69 Å². The Morgan fingerprint density at radius 1 is 1.19 bits per heavy atom. The Morgan fingerprint density at radius 2 is 1.92 bits per heavy atom. The van der Waals surface area contributed by atoms with E-state index in [2.05, 4.69) is 16.5 Å². The highest BCUT2D eigenvalue weighted by atomic mass is 32.2. The summed E-state index contributed by atoms with van der Waals surface area (Å²) in [6.07, 6.45) is 2.07. The number of carbonyl (C=O) groups excluding carboxylic acids is 1. The summed E-state index contributed by atoms with van der Waals surface area (Å²) in [4.78, 5) is 14.9. The highest BCUT2D eigenvalue weighted by Gasteiger charge is 2.25. The number of aryl methyl sites for hydroxylation is 1. The fourth-order valence-corrected chi connectivity index (χ4v) is 3.67. The first-order valence-corrected chi connectivity index (χ1v) is 10.3. The maximum absolute atomic E-state index is 12.5. The second-order valence-corrected chi connectivity index (χ2v) is 7.32. The molecule has 0 saturated carbocycles. The molecule has 1 aliphatic rings. The minimum atomic E-state index is -0.0535. The Balaban J connectivity index is 1.65. The normalized spacial score (nSPS) is 16.4. The van der Waals surface area contributed by atoms with Gasteiger partial charge in [-0.1, -0.05) is 12.1 Å². The summed E-state index contributed by atoms with van der Waals surface area (Å²) in [6.45, 7) is 5.54. The van der Waals surface area contributed by atoms with Crippen molar-refractivity contribution in [3.05, 3.63) is 59.0 Å². The van der Waals surface area contributed by atoms with Gasteiger partial charge in [-0.2, -0.15) is 11.8 Å². The minimum absolute atomic E-state index is 0.0207. The zero-order valence-electron chi connectivity index (χ0n) is 15.4. The van der Waals surface area contributed by atoms with E-state index in [4.69, 9.17) is 9.15 Å². The molecule has 1 N–H and O–H groups in total. The molecule has 0 spiro atoms. The Hall–Kier alpha value is -1.76. The van der Waals surface area contributed by atoms with Crippen molar-refractivity contribution in [2.45, 2.75) is 18.7 Å². The maximum Gasteiger partial charge on any atom is 0.251 e. The molecular weight excluding hydrogens is 348 g/mol. The van der Waals surface area contributed by atoms with E-state index in [1.165, 1.54) is 5.56 Å². The van der Waals surface area contributed by atoms with Gasteiger partial charge in [0.15, 0.2) is 0 Å². The van der Waals surface area contributed by atoms with Crippen LogP contribution in [0.2, 0.25) is 0 Å². The molecule has 26 heavy (non-hydrogen) atoms. The number of thioether (sulfide) groups is 1. The van der Waals surface area contributed by atoms with Crippen LogP contribution >= 0.6 is 11.8 Å². The number of ether oxygens (including phenoxy) is 1. The minimum Gasteiger partial charge on any atom is -0.465 e. The summed E-state index contributed by atoms with van der Waals surface area (Å²) < 4.78 is 11.3. The van der Waals surface area contributed by atoms with Crippen LogP contribution in [0.3, 0.4) is 0 Å². The lowest BCUT2D eigenvalue weighted by atomic mass is 10.1. The molecule has 1 aromatic carbocycles. The molecule has 5 nitrogen and oxygen atoms in total. The molecule has 0 bridgehead atoms. The van der Waals surface area contributed by atoms with Crippen LogP contribution in [0.1, 0.15) is 33.5 Å². The summed E-state index contributed by atoms with van der Waals surface area (Å²) in [5.74, 6) is 2.68. The van der Waals surface area contributed by atoms with E-state index < -0.39 is 0 Å². The molecular formula is C20H26N2O3S. The zero-order valence-corrected chi connectivity index (χ0v) is 16.2. The number of benzene rings is 1. The largest absolute Gasteiger partial charge is 0.465 e. The number of carbonyl (C=O) groups is 1. The number of hydrogen-bond acceptors (Lipinski definition) is 5. The van der Waals surface area contributed by atoms with E-state index in [0.717, 1.165) is 30.4 Å². The standard InChI is InChI=1S/C20H26N2O3S/c1-15-3-8-19(25-15)18(22-9-11-24-12-10-22)13-21-20(23)17-6-4-16(5-7-17)14-26-2/h3-8,18H,9-14H2,1-2H3,(H,21,23). The van der Waals surface area contributed by atoms with Crippen LogP contribution in [-0.4, -0.2) is 49.9 Å². The van der Waals surface area contributed by atoms with Gasteiger partial charge < -0.3 is 14.5 Å². The van der Waals surface area contributed by atoms with Crippen LogP contribution in [-0.2, 0) is 10.5 Å². The lowest BCUT2D eigenvalue weighted by Crippen LogP contribution is -2.43. The van der Waals surface area contributed by atoms with Gasteiger partial charge in [0.2, 0.25) is 0 Å². The molecule has 1 unspecified atom stereocenters. The number of amides is 1. The number of morpholine rings is 1. The monoisotopic (exact) mass is 374 g/mol. The van der Waals surface area contributed by atoms with Crippen molar-refractivity contribution in [2.24, 2.45) is 0 Å². The Kier molecular flexibility index (Phi) is 6.77. The third-order valence-electron chi connectivity index (χ3n) is 4.56. The van der Waals surface area contributed by atoms with Gasteiger partial charge in [-0.25, -0.2) is 0 Å². The average molecular weight is 375 g/mol. The van der Waals surface area contributed by atoms with Crippen LogP contribution in [0, 0.1) is 6.92 Å². The third kappa shape index (κ3) is 4.90. The Bertz CT molecular complexity index is 708. The van der Waals surface area contributed by atoms with Crippen LogP contribution in [0.25, 0.3) is 0 Å². The van der Waals surface area contributed by atoms with Crippen molar-refractivity contribution in [3.8, 4) is 0 Å². The lowest BCUT2D eigenvalue weighted by Gasteiger charge is -2.33. The van der Waals surface area contributed by atoms with Gasteiger partial charge in [0.05, 0.1) is 19.3 Å². The van der Waals surface area contributed by atoms with Gasteiger partial charge in [0.1, 0.15) is 11.5 Å². The number of rotatable bonds is 7. The van der Waals surface area contributed by atoms with Crippen LogP contribution in [0.15, 0.2) is 40.8 Å². The molecule has 2 heterocycles. The molecule has 0 radical (unpaired) electrons. The molecule has 1 aromatic heterocycles. The SMILES string of the molecule is CSCc1ccc(C(=O)NCC(c2ccc(C)o2)N2CCOCC2)cc1. The molecule has 3 rings (SSSR count). The summed E-state index contributed by atoms with van der Waals surface area (Å²) in [5, 5.41) is 3.07. The van der Waals surface area contributed by atoms with Crippen molar-refractivity contribution >= 4 is 17.7 Å². The first-order valence-electron chi connectivity index (χ1n) is 8.91. The maximum atomic E-state index is 12.5. The van der Waals surface area contributed by atoms with E-state index in [1.807, 2.05) is 43.3 Å². The zero-order chi connectivity index (χ0) is 18.4. The molecule has 1 amide bonds. The Labute approximate surface area is 159 Å². The second kappa shape index (κ2) is 9.26. The molecule has 1 fully saturated rings. The Morgan fingerprint density at radius 3 is 2.54 bits per heavy atom. The smallest absolute Gasteiger partial charge is 0.251 e. The molecule has 0 aliphatic carbocycles. The van der Waals surface area contributed by atoms with E-state index in [1.54, 1.807) is 11.8 Å². The van der Waals surface area contributed by atoms with Crippen molar-refractivity contribution in [2.75, 3.05) is 39.1 Å². The summed E-state index contributed by atoms with van der Waals surface area (Å²) in [6, 6.07) is 11.8. The summed E-state index contributed by atoms with van der Waals surface area (Å²) in [5.41, 5.74) is 1.91. The molecule has 1 aliphatic heterocycles. The van der Waals surface area contributed by atoms with Crippen molar-refractivity contribution in [1.29, 1.82) is 0 Å². The molecule has 1 saturated heterocycles. The van der Waals surface area contributed by atoms with E-state index >= 15 is 0 Å². The first kappa shape index (κ1) is 19.0. The summed E-state index contributed by atoms with van der Waals surface area (Å²) >= 11 is 1.77. The van der Waals surface area contributed by atoms with E-state index in [9.17, 15) is 4.79 Å². The molecule has 140 valence electrons. The lowest BCUT2D eigenvalue weighted by molar-refractivity contribution is 0.0117. The highest BCUT2D eigenvalue weighted by molar-refractivity contribution is 7.97.